The number of halogens is 2. The second-order valence-corrected chi connectivity index (χ2v) is 8.25. The third-order valence-corrected chi connectivity index (χ3v) is 6.08. The average Bonchev–Trinajstić information content (AvgIpc) is 2.99. The molecule has 154 valence electrons. The Morgan fingerprint density at radius 2 is 1.69 bits per heavy atom. The Morgan fingerprint density at radius 3 is 2.34 bits per heavy atom. The van der Waals surface area contributed by atoms with Crippen LogP contribution in [-0.4, -0.2) is 28.9 Å². The van der Waals surface area contributed by atoms with E-state index in [1.807, 2.05) is 6.07 Å². The molecule has 3 unspecified atom stereocenters. The highest BCUT2D eigenvalue weighted by atomic mass is 19.3. The predicted molar refractivity (Wildman–Crippen MR) is 107 cm³/mol. The smallest absolute Gasteiger partial charge is 0.297 e. The highest BCUT2D eigenvalue weighted by Crippen LogP contribution is 2.41. The molecule has 2 heterocycles. The Morgan fingerprint density at radius 1 is 1.07 bits per heavy atom. The lowest BCUT2D eigenvalue weighted by Gasteiger charge is -2.40. The summed E-state index contributed by atoms with van der Waals surface area (Å²) in [5, 5.41) is 0. The van der Waals surface area contributed by atoms with Gasteiger partial charge in [-0.15, -0.1) is 0 Å². The van der Waals surface area contributed by atoms with E-state index in [9.17, 15) is 4.79 Å². The summed E-state index contributed by atoms with van der Waals surface area (Å²) in [6.07, 6.45) is 3.47. The van der Waals surface area contributed by atoms with Gasteiger partial charge in [0, 0.05) is 17.6 Å². The Kier molecular flexibility index (Phi) is 5.30. The minimum Gasteiger partial charge on any atom is -0.457 e. The van der Waals surface area contributed by atoms with Crippen LogP contribution in [0.3, 0.4) is 0 Å². The van der Waals surface area contributed by atoms with Gasteiger partial charge in [-0.05, 0) is 55.9 Å². The van der Waals surface area contributed by atoms with Gasteiger partial charge < -0.3 is 15.4 Å². The molecule has 1 amide bonds. The summed E-state index contributed by atoms with van der Waals surface area (Å²) in [4.78, 5) is 14.6. The molecular formula is C23H26F2N2O2. The quantitative estimate of drug-likeness (QED) is 0.792. The van der Waals surface area contributed by atoms with Gasteiger partial charge in [-0.3, -0.25) is 4.79 Å². The van der Waals surface area contributed by atoms with E-state index in [4.69, 9.17) is 10.5 Å². The number of nitrogens with two attached hydrogens (primary N) is 1. The number of alkyl halides is 2. The molecule has 0 spiro atoms. The summed E-state index contributed by atoms with van der Waals surface area (Å²) < 4.78 is 36.1. The standard InChI is InChI=1S/C23H26F2N2O2/c1-15-12-17-10-11-18(13-15)27(17)22(28)21(26)23(24,25)16-6-5-9-20(14-16)29-19-7-3-2-4-8-19/h2-9,14-15,17-18,21H,10-13,26H2,1H3. The Hall–Kier alpha value is -2.47. The number of rotatable bonds is 5. The van der Waals surface area contributed by atoms with Crippen LogP contribution < -0.4 is 10.5 Å². The molecule has 2 aliphatic heterocycles. The van der Waals surface area contributed by atoms with Crippen molar-refractivity contribution < 1.29 is 18.3 Å². The molecule has 0 saturated carbocycles. The van der Waals surface area contributed by atoms with Crippen LogP contribution in [0, 0.1) is 5.92 Å². The van der Waals surface area contributed by atoms with Crippen molar-refractivity contribution in [3.63, 3.8) is 0 Å². The highest BCUT2D eigenvalue weighted by molar-refractivity contribution is 5.84. The number of benzene rings is 2. The molecule has 2 aromatic rings. The lowest BCUT2D eigenvalue weighted by molar-refractivity contribution is -0.148. The molecule has 3 atom stereocenters. The molecule has 0 aliphatic carbocycles. The number of nitrogens with zero attached hydrogens (tertiary/aromatic N) is 1. The number of hydrogen-bond acceptors (Lipinski definition) is 3. The monoisotopic (exact) mass is 400 g/mol. The molecule has 4 nitrogen and oxygen atoms in total. The summed E-state index contributed by atoms with van der Waals surface area (Å²) >= 11 is 0. The van der Waals surface area contributed by atoms with E-state index in [0.29, 0.717) is 11.7 Å². The van der Waals surface area contributed by atoms with Crippen molar-refractivity contribution in [2.24, 2.45) is 11.7 Å². The number of ether oxygens (including phenoxy) is 1. The van der Waals surface area contributed by atoms with Crippen molar-refractivity contribution in [3.05, 3.63) is 60.2 Å². The first-order chi connectivity index (χ1) is 13.9. The fourth-order valence-electron chi connectivity index (χ4n) is 4.70. The first-order valence-corrected chi connectivity index (χ1v) is 10.1. The maximum absolute atomic E-state index is 15.2. The second-order valence-electron chi connectivity index (χ2n) is 8.25. The van der Waals surface area contributed by atoms with Crippen LogP contribution in [0.4, 0.5) is 8.78 Å². The first-order valence-electron chi connectivity index (χ1n) is 10.1. The fourth-order valence-corrected chi connectivity index (χ4v) is 4.70. The van der Waals surface area contributed by atoms with E-state index in [0.717, 1.165) is 25.7 Å². The topological polar surface area (TPSA) is 55.6 Å². The maximum Gasteiger partial charge on any atom is 0.297 e. The molecule has 2 aromatic carbocycles. The van der Waals surface area contributed by atoms with Gasteiger partial charge in [0.15, 0.2) is 6.04 Å². The van der Waals surface area contributed by atoms with E-state index in [1.165, 1.54) is 18.2 Å². The molecule has 2 fully saturated rings. The molecule has 2 N–H and O–H groups in total. The molecule has 4 rings (SSSR count). The average molecular weight is 400 g/mol. The zero-order valence-corrected chi connectivity index (χ0v) is 16.4. The van der Waals surface area contributed by atoms with Gasteiger partial charge >= 0.3 is 0 Å². The number of hydrogen-bond donors (Lipinski definition) is 1. The third-order valence-electron chi connectivity index (χ3n) is 6.08. The lowest BCUT2D eigenvalue weighted by atomic mass is 9.91. The second kappa shape index (κ2) is 7.75. The van der Waals surface area contributed by atoms with Crippen molar-refractivity contribution in [1.82, 2.24) is 4.90 Å². The fraction of sp³-hybridized carbons (Fsp3) is 0.435. The first kappa shape index (κ1) is 19.8. The molecule has 2 saturated heterocycles. The Labute approximate surface area is 169 Å². The number of piperidine rings is 1. The van der Waals surface area contributed by atoms with Gasteiger partial charge in [0.05, 0.1) is 0 Å². The Balaban J connectivity index is 1.53. The molecule has 2 bridgehead atoms. The molecule has 6 heteroatoms. The summed E-state index contributed by atoms with van der Waals surface area (Å²) in [6, 6.07) is 12.7. The normalized spacial score (nSPS) is 25.0. The zero-order valence-electron chi connectivity index (χ0n) is 16.4. The van der Waals surface area contributed by atoms with Crippen LogP contribution in [0.15, 0.2) is 54.6 Å². The summed E-state index contributed by atoms with van der Waals surface area (Å²) in [5.41, 5.74) is 5.55. The highest BCUT2D eigenvalue weighted by Gasteiger charge is 2.50. The van der Waals surface area contributed by atoms with Gasteiger partial charge in [-0.1, -0.05) is 37.3 Å². The maximum atomic E-state index is 15.2. The summed E-state index contributed by atoms with van der Waals surface area (Å²) in [6.45, 7) is 2.15. The molecule has 2 aliphatic rings. The number of carbonyl (C=O) groups is 1. The van der Waals surface area contributed by atoms with Crippen molar-refractivity contribution in [2.45, 2.75) is 56.7 Å². The largest absolute Gasteiger partial charge is 0.457 e. The van der Waals surface area contributed by atoms with Crippen molar-refractivity contribution in [2.75, 3.05) is 0 Å². The third kappa shape index (κ3) is 3.86. The predicted octanol–water partition coefficient (Wildman–Crippen LogP) is 4.69. The van der Waals surface area contributed by atoms with Crippen LogP contribution in [0.5, 0.6) is 11.5 Å². The lowest BCUT2D eigenvalue weighted by Crippen LogP contribution is -2.57. The minimum atomic E-state index is -3.49. The van der Waals surface area contributed by atoms with E-state index < -0.39 is 17.9 Å². The van der Waals surface area contributed by atoms with Crippen LogP contribution >= 0.6 is 0 Å². The number of fused-ring (bicyclic) bond motifs is 2. The number of carbonyl (C=O) groups excluding carboxylic acids is 1. The van der Waals surface area contributed by atoms with Gasteiger partial charge in [-0.2, -0.15) is 8.78 Å². The van der Waals surface area contributed by atoms with Gasteiger partial charge in [0.1, 0.15) is 11.5 Å². The molecule has 0 radical (unpaired) electrons. The van der Waals surface area contributed by atoms with E-state index in [1.54, 1.807) is 35.2 Å². The van der Waals surface area contributed by atoms with Crippen molar-refractivity contribution >= 4 is 5.91 Å². The van der Waals surface area contributed by atoms with Gasteiger partial charge in [0.25, 0.3) is 5.92 Å². The Bertz CT molecular complexity index is 860. The van der Waals surface area contributed by atoms with Crippen LogP contribution in [-0.2, 0) is 10.7 Å². The van der Waals surface area contributed by atoms with Gasteiger partial charge in [-0.25, -0.2) is 0 Å². The zero-order chi connectivity index (χ0) is 20.6. The van der Waals surface area contributed by atoms with Crippen LogP contribution in [0.2, 0.25) is 0 Å². The van der Waals surface area contributed by atoms with Crippen molar-refractivity contribution in [1.29, 1.82) is 0 Å². The number of para-hydroxylation sites is 1. The molecule has 0 aromatic heterocycles. The number of amides is 1. The SMILES string of the molecule is CC1CC2CCC(C1)N2C(=O)C(N)C(F)(F)c1cccc(Oc2ccccc2)c1. The van der Waals surface area contributed by atoms with Gasteiger partial charge in [0.2, 0.25) is 5.91 Å². The van der Waals surface area contributed by atoms with Crippen LogP contribution in [0.25, 0.3) is 0 Å². The molecular weight excluding hydrogens is 374 g/mol. The van der Waals surface area contributed by atoms with E-state index in [2.05, 4.69) is 6.92 Å². The van der Waals surface area contributed by atoms with Crippen LogP contribution in [0.1, 0.15) is 38.2 Å². The summed E-state index contributed by atoms with van der Waals surface area (Å²) in [7, 11) is 0. The van der Waals surface area contributed by atoms with E-state index in [-0.39, 0.29) is 23.4 Å². The molecule has 29 heavy (non-hydrogen) atoms. The summed E-state index contributed by atoms with van der Waals surface area (Å²) in [5.74, 6) is -2.80. The van der Waals surface area contributed by atoms with Crippen molar-refractivity contribution in [3.8, 4) is 11.5 Å². The van der Waals surface area contributed by atoms with E-state index >= 15 is 8.78 Å². The minimum absolute atomic E-state index is 0.0332.